The van der Waals surface area contributed by atoms with Gasteiger partial charge >= 0.3 is 0 Å². The summed E-state index contributed by atoms with van der Waals surface area (Å²) in [5.74, 6) is 1.73. The van der Waals surface area contributed by atoms with Gasteiger partial charge in [-0.1, -0.05) is 24.1 Å². The van der Waals surface area contributed by atoms with Crippen molar-refractivity contribution in [3.8, 4) is 12.3 Å². The lowest BCUT2D eigenvalue weighted by Crippen LogP contribution is -1.99. The fourth-order valence-corrected chi connectivity index (χ4v) is 1.24. The first kappa shape index (κ1) is 10.5. The third-order valence-electron chi connectivity index (χ3n) is 1.93. The molecule has 0 aliphatic heterocycles. The summed E-state index contributed by atoms with van der Waals surface area (Å²) in [6.45, 7) is 5.51. The van der Waals surface area contributed by atoms with Gasteiger partial charge in [-0.2, -0.15) is 0 Å². The van der Waals surface area contributed by atoms with Gasteiger partial charge in [-0.25, -0.2) is 4.39 Å². The smallest absolute Gasteiger partial charge is 0.140 e. The summed E-state index contributed by atoms with van der Waals surface area (Å²) in [7, 11) is 0. The van der Waals surface area contributed by atoms with Gasteiger partial charge in [-0.15, -0.1) is 6.42 Å². The topological polar surface area (TPSA) is 20.2 Å². The zero-order valence-corrected chi connectivity index (χ0v) is 7.92. The minimum Gasteiger partial charge on any atom is -0.376 e. The molecule has 0 saturated carbocycles. The van der Waals surface area contributed by atoms with Crippen molar-refractivity contribution in [2.24, 2.45) is 0 Å². The highest BCUT2D eigenvalue weighted by atomic mass is 19.1. The number of aliphatic hydroxyl groups excluding tert-OH is 1. The Balaban J connectivity index is 3.31. The molecule has 0 heterocycles. The molecule has 72 valence electrons. The highest BCUT2D eigenvalue weighted by molar-refractivity contribution is 5.65. The van der Waals surface area contributed by atoms with Crippen LogP contribution in [0.25, 0.3) is 5.57 Å². The standard InChI is InChI=1S/C12H11FO/c1-4-12(14)11-7-9(13)5-6-10(11)8(2)3/h1,5-7,12,14H,2H2,3H3. The molecule has 0 aliphatic rings. The predicted molar refractivity (Wildman–Crippen MR) is 54.9 cm³/mol. The molecule has 0 radical (unpaired) electrons. The fraction of sp³-hybridized carbons (Fsp3) is 0.167. The van der Waals surface area contributed by atoms with E-state index >= 15 is 0 Å². The largest absolute Gasteiger partial charge is 0.376 e. The van der Waals surface area contributed by atoms with Crippen LogP contribution in [0.5, 0.6) is 0 Å². The Morgan fingerprint density at radius 2 is 2.29 bits per heavy atom. The number of hydrogen-bond donors (Lipinski definition) is 1. The molecule has 0 aromatic heterocycles. The minimum atomic E-state index is -1.09. The van der Waals surface area contributed by atoms with E-state index in [-0.39, 0.29) is 0 Å². The normalized spacial score (nSPS) is 11.9. The number of aliphatic hydroxyl groups is 1. The maximum absolute atomic E-state index is 12.9. The molecule has 1 aromatic rings. The predicted octanol–water partition coefficient (Wildman–Crippen LogP) is 2.53. The monoisotopic (exact) mass is 190 g/mol. The molecule has 1 unspecified atom stereocenters. The van der Waals surface area contributed by atoms with Crippen LogP contribution in [0.2, 0.25) is 0 Å². The Kier molecular flexibility index (Phi) is 3.06. The summed E-state index contributed by atoms with van der Waals surface area (Å²) >= 11 is 0. The van der Waals surface area contributed by atoms with Crippen molar-refractivity contribution in [2.45, 2.75) is 13.0 Å². The number of benzene rings is 1. The number of halogens is 1. The highest BCUT2D eigenvalue weighted by Gasteiger charge is 2.11. The van der Waals surface area contributed by atoms with Crippen LogP contribution in [0.15, 0.2) is 24.8 Å². The molecule has 14 heavy (non-hydrogen) atoms. The van der Waals surface area contributed by atoms with Crippen molar-refractivity contribution < 1.29 is 9.50 Å². The first-order chi connectivity index (χ1) is 6.56. The molecule has 1 nitrogen and oxygen atoms in total. The summed E-state index contributed by atoms with van der Waals surface area (Å²) in [5.41, 5.74) is 1.83. The van der Waals surface area contributed by atoms with Crippen LogP contribution >= 0.6 is 0 Å². The Morgan fingerprint density at radius 3 is 2.79 bits per heavy atom. The Labute approximate surface area is 82.9 Å². The molecule has 0 amide bonds. The SMILES string of the molecule is C#CC(O)c1cc(F)ccc1C(=C)C. The molecular weight excluding hydrogens is 179 g/mol. The highest BCUT2D eigenvalue weighted by Crippen LogP contribution is 2.24. The molecular formula is C12H11FO. The molecule has 0 saturated heterocycles. The van der Waals surface area contributed by atoms with Gasteiger partial charge in [0, 0.05) is 5.56 Å². The van der Waals surface area contributed by atoms with E-state index in [9.17, 15) is 9.50 Å². The van der Waals surface area contributed by atoms with Gasteiger partial charge in [0.25, 0.3) is 0 Å². The van der Waals surface area contributed by atoms with E-state index in [1.54, 1.807) is 13.0 Å². The van der Waals surface area contributed by atoms with Gasteiger partial charge in [0.15, 0.2) is 0 Å². The van der Waals surface area contributed by atoms with Gasteiger partial charge < -0.3 is 5.11 Å². The molecule has 1 rings (SSSR count). The fourth-order valence-electron chi connectivity index (χ4n) is 1.24. The van der Waals surface area contributed by atoms with Crippen LogP contribution in [0.3, 0.4) is 0 Å². The van der Waals surface area contributed by atoms with Crippen molar-refractivity contribution >= 4 is 5.57 Å². The van der Waals surface area contributed by atoms with Gasteiger partial charge in [0.1, 0.15) is 11.9 Å². The second-order valence-corrected chi connectivity index (χ2v) is 3.08. The second-order valence-electron chi connectivity index (χ2n) is 3.08. The molecule has 1 aromatic carbocycles. The summed E-state index contributed by atoms with van der Waals surface area (Å²) < 4.78 is 12.9. The zero-order chi connectivity index (χ0) is 10.7. The van der Waals surface area contributed by atoms with E-state index in [0.717, 1.165) is 5.57 Å². The first-order valence-electron chi connectivity index (χ1n) is 4.15. The van der Waals surface area contributed by atoms with E-state index in [1.165, 1.54) is 12.1 Å². The Hall–Kier alpha value is -1.59. The van der Waals surface area contributed by atoms with Gasteiger partial charge in [0.05, 0.1) is 0 Å². The summed E-state index contributed by atoms with van der Waals surface area (Å²) in [6, 6.07) is 4.11. The lowest BCUT2D eigenvalue weighted by atomic mass is 9.98. The third kappa shape index (κ3) is 2.01. The van der Waals surface area contributed by atoms with Crippen molar-refractivity contribution in [1.82, 2.24) is 0 Å². The van der Waals surface area contributed by atoms with E-state index in [2.05, 4.69) is 12.5 Å². The Bertz CT molecular complexity index is 401. The maximum Gasteiger partial charge on any atom is 0.140 e. The minimum absolute atomic E-state index is 0.389. The summed E-state index contributed by atoms with van der Waals surface area (Å²) in [6.07, 6.45) is 3.99. The van der Waals surface area contributed by atoms with Crippen LogP contribution in [-0.4, -0.2) is 5.11 Å². The third-order valence-corrected chi connectivity index (χ3v) is 1.93. The van der Waals surface area contributed by atoms with Crippen LogP contribution in [0.4, 0.5) is 4.39 Å². The zero-order valence-electron chi connectivity index (χ0n) is 7.92. The average Bonchev–Trinajstić information content (AvgIpc) is 2.16. The first-order valence-corrected chi connectivity index (χ1v) is 4.15. The summed E-state index contributed by atoms with van der Waals surface area (Å²) in [4.78, 5) is 0. The van der Waals surface area contributed by atoms with Crippen molar-refractivity contribution in [1.29, 1.82) is 0 Å². The molecule has 0 fully saturated rings. The lowest BCUT2D eigenvalue weighted by Gasteiger charge is -2.10. The quantitative estimate of drug-likeness (QED) is 0.710. The van der Waals surface area contributed by atoms with Gasteiger partial charge in [-0.3, -0.25) is 0 Å². The van der Waals surface area contributed by atoms with Crippen LogP contribution < -0.4 is 0 Å². The lowest BCUT2D eigenvalue weighted by molar-refractivity contribution is 0.237. The molecule has 0 aliphatic carbocycles. The van der Waals surface area contributed by atoms with E-state index in [0.29, 0.717) is 11.1 Å². The Morgan fingerprint density at radius 1 is 1.64 bits per heavy atom. The number of allylic oxidation sites excluding steroid dienone is 1. The number of terminal acetylenes is 1. The average molecular weight is 190 g/mol. The van der Waals surface area contributed by atoms with Crippen molar-refractivity contribution in [2.75, 3.05) is 0 Å². The van der Waals surface area contributed by atoms with Crippen LogP contribution in [-0.2, 0) is 0 Å². The van der Waals surface area contributed by atoms with E-state index in [1.807, 2.05) is 0 Å². The number of hydrogen-bond acceptors (Lipinski definition) is 1. The van der Waals surface area contributed by atoms with Crippen LogP contribution in [0, 0.1) is 18.2 Å². The molecule has 1 atom stereocenters. The van der Waals surface area contributed by atoms with Gasteiger partial charge in [0.2, 0.25) is 0 Å². The van der Waals surface area contributed by atoms with Crippen molar-refractivity contribution in [3.05, 3.63) is 41.7 Å². The molecule has 1 N–H and O–H groups in total. The van der Waals surface area contributed by atoms with E-state index in [4.69, 9.17) is 6.42 Å². The van der Waals surface area contributed by atoms with Crippen LogP contribution in [0.1, 0.15) is 24.2 Å². The molecule has 0 bridgehead atoms. The molecule has 0 spiro atoms. The maximum atomic E-state index is 12.9. The second kappa shape index (κ2) is 4.08. The molecule has 2 heteroatoms. The van der Waals surface area contributed by atoms with Gasteiger partial charge in [-0.05, 0) is 24.6 Å². The van der Waals surface area contributed by atoms with Crippen molar-refractivity contribution in [3.63, 3.8) is 0 Å². The summed E-state index contributed by atoms with van der Waals surface area (Å²) in [5, 5.41) is 9.44. The number of rotatable bonds is 2. The van der Waals surface area contributed by atoms with E-state index < -0.39 is 11.9 Å².